The van der Waals surface area contributed by atoms with Gasteiger partial charge in [0.1, 0.15) is 0 Å². The lowest BCUT2D eigenvalue weighted by Crippen LogP contribution is -2.43. The summed E-state index contributed by atoms with van der Waals surface area (Å²) in [5.41, 5.74) is 8.66. The zero-order valence-corrected chi connectivity index (χ0v) is 12.8. The maximum absolute atomic E-state index is 12.1. The molecule has 3 N–H and O–H groups in total. The quantitative estimate of drug-likeness (QED) is 0.900. The van der Waals surface area contributed by atoms with Crippen molar-refractivity contribution in [1.29, 1.82) is 0 Å². The third-order valence-corrected chi connectivity index (χ3v) is 3.99. The molecule has 1 saturated heterocycles. The van der Waals surface area contributed by atoms with Crippen LogP contribution in [-0.4, -0.2) is 36.5 Å². The zero-order valence-electron chi connectivity index (χ0n) is 12.1. The monoisotopic (exact) mass is 295 g/mol. The van der Waals surface area contributed by atoms with Gasteiger partial charge in [0.25, 0.3) is 0 Å². The second kappa shape index (κ2) is 6.57. The van der Waals surface area contributed by atoms with Crippen molar-refractivity contribution in [2.75, 3.05) is 25.0 Å². The summed E-state index contributed by atoms with van der Waals surface area (Å²) in [6.07, 6.45) is 1.91. The summed E-state index contributed by atoms with van der Waals surface area (Å²) in [6, 6.07) is 4.16. The van der Waals surface area contributed by atoms with Crippen LogP contribution in [0.5, 0.6) is 0 Å². The molecule has 20 heavy (non-hydrogen) atoms. The number of hydrogen-bond acceptors (Lipinski definition) is 3. The van der Waals surface area contributed by atoms with Crippen molar-refractivity contribution < 1.29 is 4.79 Å². The average molecular weight is 296 g/mol. The van der Waals surface area contributed by atoms with Gasteiger partial charge >= 0.3 is 0 Å². The fraction of sp³-hybridized carbons (Fsp3) is 0.533. The molecule has 0 radical (unpaired) electrons. The Morgan fingerprint density at radius 3 is 2.65 bits per heavy atom. The molecule has 0 aliphatic carbocycles. The van der Waals surface area contributed by atoms with E-state index in [4.69, 9.17) is 17.3 Å². The van der Waals surface area contributed by atoms with E-state index in [9.17, 15) is 4.79 Å². The lowest BCUT2D eigenvalue weighted by molar-refractivity contribution is -0.117. The molecule has 1 heterocycles. The summed E-state index contributed by atoms with van der Waals surface area (Å²) in [7, 11) is 0. The van der Waals surface area contributed by atoms with Gasteiger partial charge in [0.15, 0.2) is 0 Å². The Kier molecular flexibility index (Phi) is 5.02. The van der Waals surface area contributed by atoms with Crippen LogP contribution in [0.4, 0.5) is 5.69 Å². The molecule has 1 fully saturated rings. The molecule has 0 spiro atoms. The van der Waals surface area contributed by atoms with Crippen LogP contribution in [0.2, 0.25) is 5.02 Å². The average Bonchev–Trinajstić information content (AvgIpc) is 2.36. The number of halogens is 1. The molecular weight excluding hydrogens is 274 g/mol. The van der Waals surface area contributed by atoms with Gasteiger partial charge in [-0.25, -0.2) is 0 Å². The highest BCUT2D eigenvalue weighted by Crippen LogP contribution is 2.27. The van der Waals surface area contributed by atoms with Gasteiger partial charge in [-0.2, -0.15) is 0 Å². The first-order chi connectivity index (χ1) is 9.45. The van der Waals surface area contributed by atoms with E-state index in [0.29, 0.717) is 11.6 Å². The molecule has 1 aliphatic heterocycles. The lowest BCUT2D eigenvalue weighted by Gasteiger charge is -2.29. The Labute approximate surface area is 125 Å². The first kappa shape index (κ1) is 15.3. The maximum Gasteiger partial charge on any atom is 0.238 e. The number of nitrogens with two attached hydrogens (primary N) is 1. The number of amides is 1. The van der Waals surface area contributed by atoms with Crippen LogP contribution in [0, 0.1) is 13.8 Å². The number of rotatable bonds is 3. The van der Waals surface area contributed by atoms with Crippen LogP contribution in [0.25, 0.3) is 0 Å². The third kappa shape index (κ3) is 3.95. The lowest BCUT2D eigenvalue weighted by atomic mass is 10.1. The number of nitrogens with one attached hydrogen (secondary N) is 1. The predicted octanol–water partition coefficient (Wildman–Crippen LogP) is 2.32. The molecule has 5 heteroatoms. The molecule has 4 nitrogen and oxygen atoms in total. The van der Waals surface area contributed by atoms with Crippen molar-refractivity contribution in [3.63, 3.8) is 0 Å². The molecule has 0 unspecified atom stereocenters. The maximum atomic E-state index is 12.1. The highest BCUT2D eigenvalue weighted by Gasteiger charge is 2.19. The van der Waals surface area contributed by atoms with Crippen LogP contribution in [-0.2, 0) is 4.79 Å². The van der Waals surface area contributed by atoms with Crippen molar-refractivity contribution in [3.05, 3.63) is 28.3 Å². The minimum Gasteiger partial charge on any atom is -0.328 e. The molecule has 1 amide bonds. The summed E-state index contributed by atoms with van der Waals surface area (Å²) in [5, 5.41) is 3.51. The summed E-state index contributed by atoms with van der Waals surface area (Å²) < 4.78 is 0. The second-order valence-corrected chi connectivity index (χ2v) is 6.01. The van der Waals surface area contributed by atoms with Crippen molar-refractivity contribution in [3.8, 4) is 0 Å². The van der Waals surface area contributed by atoms with Crippen molar-refractivity contribution in [2.45, 2.75) is 32.7 Å². The summed E-state index contributed by atoms with van der Waals surface area (Å²) in [6.45, 7) is 6.11. The molecule has 1 aromatic carbocycles. The van der Waals surface area contributed by atoms with E-state index < -0.39 is 0 Å². The summed E-state index contributed by atoms with van der Waals surface area (Å²) in [4.78, 5) is 14.2. The Bertz CT molecular complexity index is 473. The van der Waals surface area contributed by atoms with Crippen LogP contribution >= 0.6 is 11.6 Å². The van der Waals surface area contributed by atoms with Gasteiger partial charge in [-0.3, -0.25) is 9.69 Å². The number of likely N-dealkylation sites (tertiary alicyclic amines) is 1. The van der Waals surface area contributed by atoms with E-state index in [-0.39, 0.29) is 11.9 Å². The highest BCUT2D eigenvalue weighted by molar-refractivity contribution is 6.34. The fourth-order valence-electron chi connectivity index (χ4n) is 2.57. The first-order valence-electron chi connectivity index (χ1n) is 7.00. The zero-order chi connectivity index (χ0) is 14.7. The predicted molar refractivity (Wildman–Crippen MR) is 83.2 cm³/mol. The van der Waals surface area contributed by atoms with Gasteiger partial charge in [0, 0.05) is 19.1 Å². The van der Waals surface area contributed by atoms with E-state index in [1.165, 1.54) is 0 Å². The number of aryl methyl sites for hydroxylation is 2. The van der Waals surface area contributed by atoms with Crippen LogP contribution in [0.15, 0.2) is 12.1 Å². The molecule has 0 atom stereocenters. The summed E-state index contributed by atoms with van der Waals surface area (Å²) in [5.74, 6) is -0.0191. The molecule has 1 aromatic rings. The third-order valence-electron chi connectivity index (χ3n) is 3.70. The number of benzene rings is 1. The largest absolute Gasteiger partial charge is 0.328 e. The standard InChI is InChI=1S/C15H22ClN3O/c1-10-7-11(2)15(13(16)8-10)18-14(20)9-19-5-3-12(17)4-6-19/h7-8,12H,3-6,9,17H2,1-2H3,(H,18,20). The van der Waals surface area contributed by atoms with Gasteiger partial charge in [0.05, 0.1) is 17.3 Å². The van der Waals surface area contributed by atoms with E-state index in [0.717, 1.165) is 42.7 Å². The number of carbonyl (C=O) groups is 1. The van der Waals surface area contributed by atoms with Gasteiger partial charge in [-0.1, -0.05) is 17.7 Å². The Morgan fingerprint density at radius 1 is 1.40 bits per heavy atom. The van der Waals surface area contributed by atoms with Crippen molar-refractivity contribution in [1.82, 2.24) is 4.90 Å². The normalized spacial score (nSPS) is 17.2. The van der Waals surface area contributed by atoms with Gasteiger partial charge in [-0.05, 0) is 43.9 Å². The van der Waals surface area contributed by atoms with Gasteiger partial charge < -0.3 is 11.1 Å². The number of carbonyl (C=O) groups excluding carboxylic acids is 1. The number of piperidine rings is 1. The number of nitrogens with zero attached hydrogens (tertiary/aromatic N) is 1. The van der Waals surface area contributed by atoms with Gasteiger partial charge in [0.2, 0.25) is 5.91 Å². The smallest absolute Gasteiger partial charge is 0.238 e. The number of hydrogen-bond donors (Lipinski definition) is 2. The van der Waals surface area contributed by atoms with E-state index in [2.05, 4.69) is 10.2 Å². The first-order valence-corrected chi connectivity index (χ1v) is 7.38. The SMILES string of the molecule is Cc1cc(C)c(NC(=O)CN2CCC(N)CC2)c(Cl)c1. The Balaban J connectivity index is 1.95. The highest BCUT2D eigenvalue weighted by atomic mass is 35.5. The molecule has 0 aromatic heterocycles. The topological polar surface area (TPSA) is 58.4 Å². The van der Waals surface area contributed by atoms with Crippen molar-refractivity contribution in [2.24, 2.45) is 5.73 Å². The Morgan fingerprint density at radius 2 is 2.05 bits per heavy atom. The molecular formula is C15H22ClN3O. The Hall–Kier alpha value is -1.10. The molecule has 1 aliphatic rings. The molecule has 0 saturated carbocycles. The molecule has 0 bridgehead atoms. The van der Waals surface area contributed by atoms with E-state index in [1.54, 1.807) is 0 Å². The van der Waals surface area contributed by atoms with Crippen LogP contribution in [0.1, 0.15) is 24.0 Å². The minimum atomic E-state index is -0.0191. The minimum absolute atomic E-state index is 0.0191. The molecule has 110 valence electrons. The van der Waals surface area contributed by atoms with E-state index in [1.807, 2.05) is 26.0 Å². The van der Waals surface area contributed by atoms with Crippen molar-refractivity contribution >= 4 is 23.2 Å². The molecule has 2 rings (SSSR count). The number of anilines is 1. The van der Waals surface area contributed by atoms with Crippen LogP contribution < -0.4 is 11.1 Å². The van der Waals surface area contributed by atoms with E-state index >= 15 is 0 Å². The van der Waals surface area contributed by atoms with Gasteiger partial charge in [-0.15, -0.1) is 0 Å². The fourth-order valence-corrected chi connectivity index (χ4v) is 2.94. The summed E-state index contributed by atoms with van der Waals surface area (Å²) >= 11 is 6.20. The van der Waals surface area contributed by atoms with Crippen LogP contribution in [0.3, 0.4) is 0 Å². The second-order valence-electron chi connectivity index (χ2n) is 5.60.